The maximum absolute atomic E-state index is 10.4. The first-order valence-electron chi connectivity index (χ1n) is 4.98. The average molecular weight is 257 g/mol. The van der Waals surface area contributed by atoms with Crippen molar-refractivity contribution in [2.45, 2.75) is 31.8 Å². The van der Waals surface area contributed by atoms with Crippen LogP contribution in [0.25, 0.3) is 6.08 Å². The van der Waals surface area contributed by atoms with Gasteiger partial charge in [0.2, 0.25) is 0 Å². The van der Waals surface area contributed by atoms with Gasteiger partial charge in [0.1, 0.15) is 5.01 Å². The SMILES string of the molecule is Cc1nc(CSC(C)C)sc1/C=C/C(=O)O. The molecule has 0 aliphatic rings. The number of carbonyl (C=O) groups is 1. The zero-order chi connectivity index (χ0) is 12.1. The molecule has 0 spiro atoms. The largest absolute Gasteiger partial charge is 0.478 e. The van der Waals surface area contributed by atoms with Gasteiger partial charge in [0.05, 0.1) is 10.6 Å². The van der Waals surface area contributed by atoms with Gasteiger partial charge in [-0.05, 0) is 18.2 Å². The first kappa shape index (κ1) is 13.3. The Morgan fingerprint density at radius 2 is 2.31 bits per heavy atom. The van der Waals surface area contributed by atoms with Gasteiger partial charge in [-0.3, -0.25) is 0 Å². The molecule has 0 fully saturated rings. The highest BCUT2D eigenvalue weighted by molar-refractivity contribution is 7.99. The minimum atomic E-state index is -0.925. The topological polar surface area (TPSA) is 50.2 Å². The Morgan fingerprint density at radius 3 is 2.88 bits per heavy atom. The van der Waals surface area contributed by atoms with E-state index >= 15 is 0 Å². The Morgan fingerprint density at radius 1 is 1.62 bits per heavy atom. The van der Waals surface area contributed by atoms with Crippen molar-refractivity contribution in [3.05, 3.63) is 21.7 Å². The molecule has 88 valence electrons. The highest BCUT2D eigenvalue weighted by atomic mass is 32.2. The monoisotopic (exact) mass is 257 g/mol. The molecule has 5 heteroatoms. The summed E-state index contributed by atoms with van der Waals surface area (Å²) in [5.74, 6) is -0.0321. The van der Waals surface area contributed by atoms with Crippen molar-refractivity contribution in [3.8, 4) is 0 Å². The molecule has 0 radical (unpaired) electrons. The van der Waals surface area contributed by atoms with Gasteiger partial charge in [0, 0.05) is 11.8 Å². The fourth-order valence-electron chi connectivity index (χ4n) is 1.07. The summed E-state index contributed by atoms with van der Waals surface area (Å²) in [6, 6.07) is 0. The molecule has 0 bridgehead atoms. The molecule has 1 N–H and O–H groups in total. The van der Waals surface area contributed by atoms with Gasteiger partial charge in [-0.1, -0.05) is 13.8 Å². The summed E-state index contributed by atoms with van der Waals surface area (Å²) in [6.07, 6.45) is 2.76. The maximum atomic E-state index is 10.4. The molecule has 0 atom stereocenters. The molecule has 1 heterocycles. The van der Waals surface area contributed by atoms with Gasteiger partial charge in [0.15, 0.2) is 0 Å². The van der Waals surface area contributed by atoms with E-state index in [1.807, 2.05) is 18.7 Å². The van der Waals surface area contributed by atoms with E-state index in [4.69, 9.17) is 5.11 Å². The highest BCUT2D eigenvalue weighted by Gasteiger charge is 2.06. The zero-order valence-corrected chi connectivity index (χ0v) is 11.2. The second kappa shape index (κ2) is 6.06. The van der Waals surface area contributed by atoms with Crippen molar-refractivity contribution in [1.82, 2.24) is 4.98 Å². The number of carboxylic acids is 1. The van der Waals surface area contributed by atoms with Gasteiger partial charge in [-0.15, -0.1) is 11.3 Å². The summed E-state index contributed by atoms with van der Waals surface area (Å²) >= 11 is 3.40. The van der Waals surface area contributed by atoms with E-state index in [1.54, 1.807) is 17.4 Å². The molecule has 0 amide bonds. The Balaban J connectivity index is 2.70. The zero-order valence-electron chi connectivity index (χ0n) is 9.56. The van der Waals surface area contributed by atoms with Crippen LogP contribution in [-0.2, 0) is 10.5 Å². The predicted octanol–water partition coefficient (Wildman–Crippen LogP) is 3.19. The molecule has 0 aliphatic carbocycles. The first-order chi connectivity index (χ1) is 7.49. The van der Waals surface area contributed by atoms with Gasteiger partial charge in [-0.25, -0.2) is 9.78 Å². The van der Waals surface area contributed by atoms with E-state index in [1.165, 1.54) is 0 Å². The first-order valence-corrected chi connectivity index (χ1v) is 6.84. The van der Waals surface area contributed by atoms with Gasteiger partial charge < -0.3 is 5.11 Å². The van der Waals surface area contributed by atoms with E-state index in [-0.39, 0.29) is 0 Å². The number of hydrogen-bond donors (Lipinski definition) is 1. The summed E-state index contributed by atoms with van der Waals surface area (Å²) in [5, 5.41) is 10.2. The average Bonchev–Trinajstić information content (AvgIpc) is 2.53. The van der Waals surface area contributed by atoms with Crippen LogP contribution in [0, 0.1) is 6.92 Å². The van der Waals surface area contributed by atoms with E-state index in [2.05, 4.69) is 18.8 Å². The van der Waals surface area contributed by atoms with Crippen LogP contribution >= 0.6 is 23.1 Å². The molecular weight excluding hydrogens is 242 g/mol. The minimum absolute atomic E-state index is 0.585. The number of rotatable bonds is 5. The van der Waals surface area contributed by atoms with E-state index in [0.717, 1.165) is 27.4 Å². The lowest BCUT2D eigenvalue weighted by molar-refractivity contribution is -0.131. The fourth-order valence-corrected chi connectivity index (χ4v) is 2.81. The standard InChI is InChI=1S/C11H15NO2S2/c1-7(2)15-6-10-12-8(3)9(16-10)4-5-11(13)14/h4-5,7H,6H2,1-3H3,(H,13,14)/b5-4+. The van der Waals surface area contributed by atoms with Crippen molar-refractivity contribution in [2.75, 3.05) is 0 Å². The number of aromatic nitrogens is 1. The number of aryl methyl sites for hydroxylation is 1. The number of hydrogen-bond acceptors (Lipinski definition) is 4. The third-order valence-electron chi connectivity index (χ3n) is 1.79. The summed E-state index contributed by atoms with van der Waals surface area (Å²) < 4.78 is 0. The van der Waals surface area contributed by atoms with Gasteiger partial charge in [0.25, 0.3) is 0 Å². The third kappa shape index (κ3) is 4.37. The Bertz CT molecular complexity index is 397. The van der Waals surface area contributed by atoms with Crippen molar-refractivity contribution in [2.24, 2.45) is 0 Å². The third-order valence-corrected chi connectivity index (χ3v) is 4.21. The number of aliphatic carboxylic acids is 1. The lowest BCUT2D eigenvalue weighted by atomic mass is 10.3. The van der Waals surface area contributed by atoms with Crippen LogP contribution in [0.4, 0.5) is 0 Å². The normalized spacial score (nSPS) is 11.5. The van der Waals surface area contributed by atoms with Crippen LogP contribution in [0.3, 0.4) is 0 Å². The summed E-state index contributed by atoms with van der Waals surface area (Å²) in [4.78, 5) is 15.7. The van der Waals surface area contributed by atoms with Crippen molar-refractivity contribution in [3.63, 3.8) is 0 Å². The molecular formula is C11H15NO2S2. The number of nitrogens with zero attached hydrogens (tertiary/aromatic N) is 1. The predicted molar refractivity (Wildman–Crippen MR) is 70.0 cm³/mol. The van der Waals surface area contributed by atoms with Crippen LogP contribution in [0.2, 0.25) is 0 Å². The maximum Gasteiger partial charge on any atom is 0.328 e. The van der Waals surface area contributed by atoms with Crippen LogP contribution < -0.4 is 0 Å². The molecule has 0 saturated carbocycles. The quantitative estimate of drug-likeness (QED) is 0.823. The second-order valence-corrected chi connectivity index (χ2v) is 6.27. The Hall–Kier alpha value is -0.810. The molecule has 1 aromatic rings. The van der Waals surface area contributed by atoms with Gasteiger partial charge >= 0.3 is 5.97 Å². The lowest BCUT2D eigenvalue weighted by Crippen LogP contribution is -1.88. The van der Waals surface area contributed by atoms with Crippen molar-refractivity contribution >= 4 is 35.1 Å². The number of thioether (sulfide) groups is 1. The lowest BCUT2D eigenvalue weighted by Gasteiger charge is -2.00. The van der Waals surface area contributed by atoms with E-state index in [9.17, 15) is 4.79 Å². The minimum Gasteiger partial charge on any atom is -0.478 e. The summed E-state index contributed by atoms with van der Waals surface area (Å²) in [5.41, 5.74) is 0.904. The highest BCUT2D eigenvalue weighted by Crippen LogP contribution is 2.24. The number of carboxylic acid groups (broad SMARTS) is 1. The van der Waals surface area contributed by atoms with Crippen LogP contribution in [0.1, 0.15) is 29.4 Å². The molecule has 1 aromatic heterocycles. The molecule has 0 aromatic carbocycles. The van der Waals surface area contributed by atoms with Crippen molar-refractivity contribution < 1.29 is 9.90 Å². The molecule has 1 rings (SSSR count). The summed E-state index contributed by atoms with van der Waals surface area (Å²) in [6.45, 7) is 6.20. The fraction of sp³-hybridized carbons (Fsp3) is 0.455. The molecule has 16 heavy (non-hydrogen) atoms. The van der Waals surface area contributed by atoms with Crippen LogP contribution in [0.15, 0.2) is 6.08 Å². The molecule has 0 unspecified atom stereocenters. The Kier molecular flexibility index (Phi) is 5.02. The van der Waals surface area contributed by atoms with Crippen molar-refractivity contribution in [1.29, 1.82) is 0 Å². The van der Waals surface area contributed by atoms with Crippen LogP contribution in [-0.4, -0.2) is 21.3 Å². The van der Waals surface area contributed by atoms with Gasteiger partial charge in [-0.2, -0.15) is 11.8 Å². The summed E-state index contributed by atoms with van der Waals surface area (Å²) in [7, 11) is 0. The van der Waals surface area contributed by atoms with E-state index in [0.29, 0.717) is 5.25 Å². The van der Waals surface area contributed by atoms with Crippen LogP contribution in [0.5, 0.6) is 0 Å². The smallest absolute Gasteiger partial charge is 0.328 e. The second-order valence-electron chi connectivity index (χ2n) is 3.59. The molecule has 3 nitrogen and oxygen atoms in total. The Labute approximate surface area is 104 Å². The molecule has 0 saturated heterocycles. The molecule has 0 aliphatic heterocycles. The number of thiazole rings is 1. The van der Waals surface area contributed by atoms with E-state index < -0.39 is 5.97 Å².